The molecule has 0 bridgehead atoms. The topological polar surface area (TPSA) is 37.6 Å². The number of hydrogen-bond acceptors (Lipinski definition) is 2. The Morgan fingerprint density at radius 2 is 1.19 bits per heavy atom. The molecule has 0 amide bonds. The van der Waals surface area contributed by atoms with Gasteiger partial charge in [0.2, 0.25) is 0 Å². The van der Waals surface area contributed by atoms with Crippen molar-refractivity contribution in [2.45, 2.75) is 19.9 Å². The molecular weight excluding hydrogens is 571 g/mol. The van der Waals surface area contributed by atoms with Crippen LogP contribution in [-0.2, 0) is 0 Å². The average molecular weight is 606 g/mol. The van der Waals surface area contributed by atoms with Gasteiger partial charge < -0.3 is 0 Å². The number of pyridine rings is 1. The van der Waals surface area contributed by atoms with E-state index in [-0.39, 0.29) is 6.04 Å². The molecule has 7 rings (SSSR count). The minimum absolute atomic E-state index is 0.105. The van der Waals surface area contributed by atoms with Crippen LogP contribution in [-0.4, -0.2) is 16.5 Å². The molecule has 0 aliphatic carbocycles. The molecule has 6 aromatic carbocycles. The zero-order valence-corrected chi connectivity index (χ0v) is 26.6. The summed E-state index contributed by atoms with van der Waals surface area (Å²) >= 11 is 0. The summed E-state index contributed by atoms with van der Waals surface area (Å²) in [7, 11) is 0. The molecule has 0 saturated carbocycles. The van der Waals surface area contributed by atoms with Gasteiger partial charge in [-0.05, 0) is 81.3 Å². The van der Waals surface area contributed by atoms with Crippen molar-refractivity contribution in [1.82, 2.24) is 4.98 Å². The largest absolute Gasteiger partial charge is 0.264 e. The SMILES string of the molecule is C/C(=N\C(=N/C(C)c1ccc(-c2cccnc2)cc1)c1cccc(-c2cccc3ccccc23)c1)c1ccc(-c2ccccc2)cc1. The monoisotopic (exact) mass is 605 g/mol. The average Bonchev–Trinajstić information content (AvgIpc) is 3.15. The molecule has 226 valence electrons. The fourth-order valence-electron chi connectivity index (χ4n) is 5.97. The summed E-state index contributed by atoms with van der Waals surface area (Å²) in [5, 5.41) is 2.45. The van der Waals surface area contributed by atoms with Crippen LogP contribution in [0.25, 0.3) is 44.2 Å². The first-order valence-corrected chi connectivity index (χ1v) is 16.0. The van der Waals surface area contributed by atoms with E-state index in [1.54, 1.807) is 6.20 Å². The molecule has 0 saturated heterocycles. The fourth-order valence-corrected chi connectivity index (χ4v) is 5.97. The second-order valence-electron chi connectivity index (χ2n) is 11.7. The van der Waals surface area contributed by atoms with Crippen LogP contribution in [0.5, 0.6) is 0 Å². The molecule has 0 spiro atoms. The third-order valence-electron chi connectivity index (χ3n) is 8.61. The highest BCUT2D eigenvalue weighted by molar-refractivity contribution is 6.12. The minimum atomic E-state index is -0.105. The lowest BCUT2D eigenvalue weighted by Gasteiger charge is -2.13. The number of benzene rings is 6. The Kier molecular flexibility index (Phi) is 8.61. The summed E-state index contributed by atoms with van der Waals surface area (Å²) in [6, 6.07) is 55.2. The van der Waals surface area contributed by atoms with Crippen LogP contribution < -0.4 is 0 Å². The molecule has 1 atom stereocenters. The van der Waals surface area contributed by atoms with E-state index >= 15 is 0 Å². The van der Waals surface area contributed by atoms with E-state index in [1.807, 2.05) is 18.3 Å². The van der Waals surface area contributed by atoms with Crippen molar-refractivity contribution in [1.29, 1.82) is 0 Å². The molecule has 3 nitrogen and oxygen atoms in total. The highest BCUT2D eigenvalue weighted by Crippen LogP contribution is 2.30. The molecule has 1 aromatic heterocycles. The van der Waals surface area contributed by atoms with Crippen LogP contribution in [0.4, 0.5) is 0 Å². The van der Waals surface area contributed by atoms with Crippen LogP contribution in [0.1, 0.15) is 36.6 Å². The Morgan fingerprint density at radius 1 is 0.553 bits per heavy atom. The Balaban J connectivity index is 1.27. The number of rotatable bonds is 7. The second kappa shape index (κ2) is 13.6. The maximum absolute atomic E-state index is 5.26. The van der Waals surface area contributed by atoms with Crippen LogP contribution in [0, 0.1) is 0 Å². The maximum Gasteiger partial charge on any atom is 0.155 e. The van der Waals surface area contributed by atoms with Crippen LogP contribution in [0.3, 0.4) is 0 Å². The first kappa shape index (κ1) is 29.8. The zero-order valence-electron chi connectivity index (χ0n) is 26.6. The maximum atomic E-state index is 5.26. The molecular formula is C44H35N3. The second-order valence-corrected chi connectivity index (χ2v) is 11.7. The van der Waals surface area contributed by atoms with Crippen LogP contribution in [0.2, 0.25) is 0 Å². The Bertz CT molecular complexity index is 2180. The van der Waals surface area contributed by atoms with E-state index in [1.165, 1.54) is 27.5 Å². The summed E-state index contributed by atoms with van der Waals surface area (Å²) in [5.74, 6) is 0.709. The quantitative estimate of drug-likeness (QED) is 0.132. The Morgan fingerprint density at radius 3 is 1.98 bits per heavy atom. The van der Waals surface area contributed by atoms with Gasteiger partial charge in [0.25, 0.3) is 0 Å². The number of aliphatic imine (C=N–C) groups is 2. The van der Waals surface area contributed by atoms with Crippen molar-refractivity contribution >= 4 is 22.3 Å². The molecule has 1 unspecified atom stereocenters. The lowest BCUT2D eigenvalue weighted by molar-refractivity contribution is 0.819. The van der Waals surface area contributed by atoms with Crippen LogP contribution in [0.15, 0.2) is 180 Å². The fraction of sp³-hybridized carbons (Fsp3) is 0.0682. The Hall–Kier alpha value is -5.93. The first-order valence-electron chi connectivity index (χ1n) is 16.0. The van der Waals surface area contributed by atoms with Gasteiger partial charge in [0, 0.05) is 23.7 Å². The lowest BCUT2D eigenvalue weighted by Crippen LogP contribution is -2.06. The van der Waals surface area contributed by atoms with Crippen molar-refractivity contribution in [2.24, 2.45) is 9.98 Å². The summed E-state index contributed by atoms with van der Waals surface area (Å²) < 4.78 is 0. The van der Waals surface area contributed by atoms with Gasteiger partial charge in [0.15, 0.2) is 5.84 Å². The first-order chi connectivity index (χ1) is 23.1. The summed E-state index contributed by atoms with van der Waals surface area (Å²) in [4.78, 5) is 14.7. The number of nitrogens with zero attached hydrogens (tertiary/aromatic N) is 3. The molecule has 47 heavy (non-hydrogen) atoms. The highest BCUT2D eigenvalue weighted by atomic mass is 14.9. The minimum Gasteiger partial charge on any atom is -0.264 e. The van der Waals surface area contributed by atoms with Gasteiger partial charge in [-0.1, -0.05) is 146 Å². The van der Waals surface area contributed by atoms with Crippen molar-refractivity contribution < 1.29 is 0 Å². The van der Waals surface area contributed by atoms with Crippen molar-refractivity contribution in [3.8, 4) is 33.4 Å². The standard InChI is InChI=1S/C44H35N3/c1-31(33-20-24-36(25-21-33)35-11-4-3-5-12-35)46-44(47-32(2)34-22-26-37(27-23-34)41-17-10-28-45-30-41)40-16-8-15-39(29-40)43-19-9-14-38-13-6-7-18-42(38)43/h3-30,32H,1-2H3/b46-31+,47-44-. The number of hydrogen-bond donors (Lipinski definition) is 0. The molecule has 0 fully saturated rings. The van der Waals surface area contributed by atoms with Gasteiger partial charge in [0.1, 0.15) is 0 Å². The number of amidine groups is 1. The molecule has 0 aliphatic heterocycles. The van der Waals surface area contributed by atoms with Gasteiger partial charge in [-0.15, -0.1) is 0 Å². The molecule has 0 N–H and O–H groups in total. The van der Waals surface area contributed by atoms with E-state index in [0.717, 1.165) is 39.1 Å². The molecule has 3 heteroatoms. The van der Waals surface area contributed by atoms with E-state index in [2.05, 4.69) is 164 Å². The Labute approximate surface area is 276 Å². The normalized spacial score (nSPS) is 12.6. The molecule has 0 radical (unpaired) electrons. The van der Waals surface area contributed by atoms with E-state index < -0.39 is 0 Å². The molecule has 0 aliphatic rings. The summed E-state index contributed by atoms with van der Waals surface area (Å²) in [5.41, 5.74) is 11.0. The smallest absolute Gasteiger partial charge is 0.155 e. The van der Waals surface area contributed by atoms with Crippen molar-refractivity contribution in [3.63, 3.8) is 0 Å². The van der Waals surface area contributed by atoms with E-state index in [4.69, 9.17) is 9.98 Å². The van der Waals surface area contributed by atoms with Crippen LogP contribution >= 0.6 is 0 Å². The van der Waals surface area contributed by atoms with E-state index in [9.17, 15) is 0 Å². The predicted octanol–water partition coefficient (Wildman–Crippen LogP) is 11.3. The van der Waals surface area contributed by atoms with E-state index in [0.29, 0.717) is 5.84 Å². The van der Waals surface area contributed by atoms with Gasteiger partial charge >= 0.3 is 0 Å². The van der Waals surface area contributed by atoms with Crippen molar-refractivity contribution in [3.05, 3.63) is 187 Å². The highest BCUT2D eigenvalue weighted by Gasteiger charge is 2.12. The third kappa shape index (κ3) is 6.70. The molecule has 7 aromatic rings. The summed E-state index contributed by atoms with van der Waals surface area (Å²) in [6.45, 7) is 4.20. The zero-order chi connectivity index (χ0) is 32.0. The van der Waals surface area contributed by atoms with Crippen molar-refractivity contribution in [2.75, 3.05) is 0 Å². The molecule has 1 heterocycles. The van der Waals surface area contributed by atoms with Gasteiger partial charge in [0.05, 0.1) is 6.04 Å². The number of fused-ring (bicyclic) bond motifs is 1. The van der Waals surface area contributed by atoms with Gasteiger partial charge in [-0.25, -0.2) is 4.99 Å². The van der Waals surface area contributed by atoms with Gasteiger partial charge in [-0.3, -0.25) is 9.98 Å². The summed E-state index contributed by atoms with van der Waals surface area (Å²) in [6.07, 6.45) is 3.69. The lowest BCUT2D eigenvalue weighted by atomic mass is 9.96. The predicted molar refractivity (Wildman–Crippen MR) is 198 cm³/mol. The number of aromatic nitrogens is 1. The van der Waals surface area contributed by atoms with Gasteiger partial charge in [-0.2, -0.15) is 0 Å². The third-order valence-corrected chi connectivity index (χ3v) is 8.61.